The van der Waals surface area contributed by atoms with E-state index in [0.29, 0.717) is 48.9 Å². The van der Waals surface area contributed by atoms with E-state index in [2.05, 4.69) is 14.9 Å². The van der Waals surface area contributed by atoms with E-state index >= 15 is 0 Å². The maximum Gasteiger partial charge on any atom is 0.401 e. The number of carbonyl (C=O) groups excluding carboxylic acids is 1. The summed E-state index contributed by atoms with van der Waals surface area (Å²) >= 11 is 1.72. The van der Waals surface area contributed by atoms with Crippen molar-refractivity contribution in [2.45, 2.75) is 75.4 Å². The third kappa shape index (κ3) is 6.38. The molecule has 2 N–H and O–H groups in total. The summed E-state index contributed by atoms with van der Waals surface area (Å²) in [6.45, 7) is 4.56. The van der Waals surface area contributed by atoms with Crippen molar-refractivity contribution < 1.29 is 18.0 Å². The molecule has 210 valence electrons. The number of thioether (sulfide) groups is 1. The van der Waals surface area contributed by atoms with E-state index in [-0.39, 0.29) is 23.9 Å². The summed E-state index contributed by atoms with van der Waals surface area (Å²) in [5.74, 6) is -0.000813. The number of pyridine rings is 1. The number of benzene rings is 1. The number of carbonyl (C=O) groups is 1. The molecule has 1 aromatic carbocycles. The first-order chi connectivity index (χ1) is 18.6. The summed E-state index contributed by atoms with van der Waals surface area (Å²) in [5, 5.41) is 4.36. The van der Waals surface area contributed by atoms with Gasteiger partial charge in [-0.2, -0.15) is 13.2 Å². The molecule has 0 bridgehead atoms. The van der Waals surface area contributed by atoms with Gasteiger partial charge in [0, 0.05) is 45.5 Å². The minimum absolute atomic E-state index is 0.139. The van der Waals surface area contributed by atoms with Crippen LogP contribution in [0.2, 0.25) is 0 Å². The monoisotopic (exact) mass is 560 g/mol. The zero-order chi connectivity index (χ0) is 27.7. The molecule has 2 aromatic heterocycles. The molecule has 3 heterocycles. The number of aryl methyl sites for hydroxylation is 1. The Morgan fingerprint density at radius 2 is 1.85 bits per heavy atom. The molecule has 1 aliphatic heterocycles. The van der Waals surface area contributed by atoms with Gasteiger partial charge < -0.3 is 14.9 Å². The van der Waals surface area contributed by atoms with Gasteiger partial charge in [0.15, 0.2) is 0 Å². The smallest absolute Gasteiger partial charge is 0.348 e. The fourth-order valence-corrected chi connectivity index (χ4v) is 7.16. The second-order valence-corrected chi connectivity index (χ2v) is 12.2. The van der Waals surface area contributed by atoms with Crippen LogP contribution < -0.4 is 10.9 Å². The number of alkyl halides is 3. The molecule has 2 fully saturated rings. The van der Waals surface area contributed by atoms with Crippen LogP contribution in [0.1, 0.15) is 59.4 Å². The van der Waals surface area contributed by atoms with Crippen LogP contribution in [0.25, 0.3) is 10.9 Å². The number of rotatable bonds is 8. The van der Waals surface area contributed by atoms with E-state index in [4.69, 9.17) is 0 Å². The highest BCUT2D eigenvalue weighted by atomic mass is 32.2. The van der Waals surface area contributed by atoms with E-state index in [1.165, 1.54) is 11.3 Å². The van der Waals surface area contributed by atoms with Crippen molar-refractivity contribution >= 4 is 28.6 Å². The van der Waals surface area contributed by atoms with Gasteiger partial charge in [-0.25, -0.2) is 0 Å². The number of halogens is 3. The molecule has 1 amide bonds. The summed E-state index contributed by atoms with van der Waals surface area (Å²) in [7, 11) is 0. The molecule has 10 heteroatoms. The van der Waals surface area contributed by atoms with Gasteiger partial charge in [-0.1, -0.05) is 24.6 Å². The van der Waals surface area contributed by atoms with Crippen LogP contribution in [0.5, 0.6) is 0 Å². The Morgan fingerprint density at radius 1 is 1.13 bits per heavy atom. The van der Waals surface area contributed by atoms with Crippen LogP contribution in [0.15, 0.2) is 40.0 Å². The molecular formula is C29H35F3N4O2S. The van der Waals surface area contributed by atoms with Crippen LogP contribution in [-0.4, -0.2) is 51.4 Å². The van der Waals surface area contributed by atoms with Gasteiger partial charge in [0.05, 0.1) is 17.7 Å². The first-order valence-electron chi connectivity index (χ1n) is 13.6. The Balaban J connectivity index is 1.33. The van der Waals surface area contributed by atoms with Crippen LogP contribution >= 0.6 is 11.8 Å². The number of hydrogen-bond donors (Lipinski definition) is 2. The third-order valence-corrected chi connectivity index (χ3v) is 9.43. The number of nitrogens with zero attached hydrogens (tertiary/aromatic N) is 2. The normalized spacial score (nSPS) is 17.5. The number of para-hydroxylation sites is 1. The lowest BCUT2D eigenvalue weighted by Gasteiger charge is -2.32. The molecule has 0 unspecified atom stereocenters. The first kappa shape index (κ1) is 27.8. The van der Waals surface area contributed by atoms with Gasteiger partial charge in [0.1, 0.15) is 0 Å². The van der Waals surface area contributed by atoms with E-state index in [1.807, 2.05) is 44.2 Å². The van der Waals surface area contributed by atoms with Crippen LogP contribution in [0.4, 0.5) is 13.2 Å². The van der Waals surface area contributed by atoms with Crippen molar-refractivity contribution in [2.24, 2.45) is 5.92 Å². The highest BCUT2D eigenvalue weighted by molar-refractivity contribution is 8.00. The van der Waals surface area contributed by atoms with E-state index in [9.17, 15) is 22.8 Å². The summed E-state index contributed by atoms with van der Waals surface area (Å²) in [6.07, 6.45) is 0.678. The van der Waals surface area contributed by atoms with Gasteiger partial charge in [-0.3, -0.25) is 14.5 Å². The standard InChI is InChI=1S/C29H35F3N4O2S/c1-18-14-25(39-21-6-5-7-21)23(27(37)34-18)15-33-28(38)26-19(2)36(24-9-4-3-8-22(24)26)16-20-10-12-35(13-11-20)17-29(30,31)32/h3-4,8-9,14,20-21H,5-7,10-13,15-17H2,1-2H3,(H,33,38)(H,34,37). The largest absolute Gasteiger partial charge is 0.401 e. The Labute approximate surface area is 230 Å². The molecule has 3 aromatic rings. The van der Waals surface area contributed by atoms with E-state index in [0.717, 1.165) is 40.0 Å². The fraction of sp³-hybridized carbons (Fsp3) is 0.517. The molecule has 2 aliphatic rings. The minimum atomic E-state index is -4.18. The quantitative estimate of drug-likeness (QED) is 0.366. The van der Waals surface area contributed by atoms with Crippen molar-refractivity contribution in [2.75, 3.05) is 19.6 Å². The highest BCUT2D eigenvalue weighted by Crippen LogP contribution is 2.37. The lowest BCUT2D eigenvalue weighted by molar-refractivity contribution is -0.148. The molecule has 1 saturated heterocycles. The van der Waals surface area contributed by atoms with E-state index < -0.39 is 12.7 Å². The number of nitrogens with one attached hydrogen (secondary N) is 2. The Morgan fingerprint density at radius 3 is 2.51 bits per heavy atom. The van der Waals surface area contributed by atoms with Gasteiger partial charge in [0.25, 0.3) is 11.5 Å². The number of fused-ring (bicyclic) bond motifs is 1. The molecule has 1 saturated carbocycles. The molecule has 5 rings (SSSR count). The predicted molar refractivity (Wildman–Crippen MR) is 148 cm³/mol. The SMILES string of the molecule is Cc1cc(SC2CCC2)c(CNC(=O)c2c(C)n(CC3CCN(CC(F)(F)F)CC3)c3ccccc23)c(=O)[nH]1. The predicted octanol–water partition coefficient (Wildman–Crippen LogP) is 5.80. The number of piperidine rings is 1. The van der Waals surface area contributed by atoms with Crippen molar-refractivity contribution in [3.8, 4) is 0 Å². The summed E-state index contributed by atoms with van der Waals surface area (Å²) in [4.78, 5) is 31.6. The lowest BCUT2D eigenvalue weighted by atomic mass is 9.96. The summed E-state index contributed by atoms with van der Waals surface area (Å²) in [5.41, 5.74) is 3.56. The van der Waals surface area contributed by atoms with Gasteiger partial charge in [-0.15, -0.1) is 11.8 Å². The topological polar surface area (TPSA) is 70.1 Å². The number of aromatic amines is 1. The highest BCUT2D eigenvalue weighted by Gasteiger charge is 2.33. The van der Waals surface area contributed by atoms with E-state index in [1.54, 1.807) is 11.8 Å². The third-order valence-electron chi connectivity index (χ3n) is 8.01. The molecule has 6 nitrogen and oxygen atoms in total. The zero-order valence-electron chi connectivity index (χ0n) is 22.4. The van der Waals surface area contributed by atoms with Gasteiger partial charge in [0.2, 0.25) is 0 Å². The Bertz CT molecular complexity index is 1400. The minimum Gasteiger partial charge on any atom is -0.348 e. The molecule has 1 aliphatic carbocycles. The van der Waals surface area contributed by atoms with Gasteiger partial charge in [-0.05, 0) is 70.7 Å². The number of likely N-dealkylation sites (tertiary alicyclic amines) is 1. The number of amides is 1. The lowest BCUT2D eigenvalue weighted by Crippen LogP contribution is -2.40. The molecule has 39 heavy (non-hydrogen) atoms. The zero-order valence-corrected chi connectivity index (χ0v) is 23.2. The molecule has 0 atom stereocenters. The second-order valence-electron chi connectivity index (χ2n) is 10.9. The van der Waals surface area contributed by atoms with Crippen molar-refractivity contribution in [1.82, 2.24) is 19.8 Å². The summed E-state index contributed by atoms with van der Waals surface area (Å²) < 4.78 is 40.5. The van der Waals surface area contributed by atoms with Crippen molar-refractivity contribution in [1.29, 1.82) is 0 Å². The fourth-order valence-electron chi connectivity index (χ4n) is 5.68. The molecule has 0 spiro atoms. The number of H-pyrrole nitrogens is 1. The molecule has 0 radical (unpaired) electrons. The van der Waals surface area contributed by atoms with Crippen molar-refractivity contribution in [3.05, 3.63) is 63.2 Å². The Kier molecular flexibility index (Phi) is 8.14. The average molecular weight is 561 g/mol. The van der Waals surface area contributed by atoms with Crippen molar-refractivity contribution in [3.63, 3.8) is 0 Å². The average Bonchev–Trinajstić information content (AvgIpc) is 3.12. The van der Waals surface area contributed by atoms with Crippen LogP contribution in [0, 0.1) is 19.8 Å². The number of hydrogen-bond acceptors (Lipinski definition) is 4. The molecular weight excluding hydrogens is 525 g/mol. The van der Waals surface area contributed by atoms with Gasteiger partial charge >= 0.3 is 6.18 Å². The second kappa shape index (κ2) is 11.4. The first-order valence-corrected chi connectivity index (χ1v) is 14.5. The summed E-state index contributed by atoms with van der Waals surface area (Å²) in [6, 6.07) is 9.73. The maximum atomic E-state index is 13.6. The van der Waals surface area contributed by atoms with Crippen LogP contribution in [-0.2, 0) is 13.1 Å². The van der Waals surface area contributed by atoms with Crippen LogP contribution in [0.3, 0.4) is 0 Å². The maximum absolute atomic E-state index is 13.6. The Hall–Kier alpha value is -2.72. The number of aromatic nitrogens is 2.